The van der Waals surface area contributed by atoms with Crippen molar-refractivity contribution in [3.63, 3.8) is 0 Å². The Hall–Kier alpha value is -0.640. The van der Waals surface area contributed by atoms with E-state index in [2.05, 4.69) is 15.9 Å². The summed E-state index contributed by atoms with van der Waals surface area (Å²) in [5, 5.41) is 2.49. The fraction of sp³-hybridized carbons (Fsp3) is 0.0833. The van der Waals surface area contributed by atoms with Crippen molar-refractivity contribution in [2.45, 2.75) is 6.92 Å². The summed E-state index contributed by atoms with van der Waals surface area (Å²) in [6.07, 6.45) is 0. The zero-order chi connectivity index (χ0) is 11.7. The lowest BCUT2D eigenvalue weighted by atomic mass is 10.1. The molecule has 4 heteroatoms. The SMILES string of the molecule is Cc1ccsc1C(=O)c1cc(Cl)ccc1Br. The lowest BCUT2D eigenvalue weighted by Crippen LogP contribution is -2.01. The van der Waals surface area contributed by atoms with Gasteiger partial charge in [-0.3, -0.25) is 4.79 Å². The Morgan fingerprint density at radius 3 is 2.75 bits per heavy atom. The van der Waals surface area contributed by atoms with Gasteiger partial charge < -0.3 is 0 Å². The highest BCUT2D eigenvalue weighted by Gasteiger charge is 2.16. The summed E-state index contributed by atoms with van der Waals surface area (Å²) in [6, 6.07) is 7.17. The summed E-state index contributed by atoms with van der Waals surface area (Å²) in [7, 11) is 0. The van der Waals surface area contributed by atoms with Crippen molar-refractivity contribution in [3.05, 3.63) is 55.1 Å². The molecule has 0 saturated carbocycles. The van der Waals surface area contributed by atoms with E-state index < -0.39 is 0 Å². The molecule has 2 rings (SSSR count). The van der Waals surface area contributed by atoms with Crippen LogP contribution in [-0.2, 0) is 0 Å². The molecule has 0 radical (unpaired) electrons. The molecule has 0 bridgehead atoms. The number of ketones is 1. The Labute approximate surface area is 111 Å². The second-order valence-corrected chi connectivity index (χ2v) is 5.59. The molecule has 2 aromatic rings. The molecule has 1 heterocycles. The van der Waals surface area contributed by atoms with E-state index in [1.165, 1.54) is 11.3 Å². The molecule has 1 aromatic heterocycles. The first-order valence-electron chi connectivity index (χ1n) is 4.63. The highest BCUT2D eigenvalue weighted by Crippen LogP contribution is 2.27. The summed E-state index contributed by atoms with van der Waals surface area (Å²) in [5.41, 5.74) is 1.61. The van der Waals surface area contributed by atoms with Gasteiger partial charge in [0.15, 0.2) is 0 Å². The molecule has 1 aromatic carbocycles. The van der Waals surface area contributed by atoms with Crippen LogP contribution >= 0.6 is 38.9 Å². The minimum atomic E-state index is 0.0156. The normalized spacial score (nSPS) is 10.4. The number of carbonyl (C=O) groups excluding carboxylic acids is 1. The van der Waals surface area contributed by atoms with Crippen LogP contribution in [0, 0.1) is 6.92 Å². The molecule has 82 valence electrons. The van der Waals surface area contributed by atoms with E-state index >= 15 is 0 Å². The summed E-state index contributed by atoms with van der Waals surface area (Å²) < 4.78 is 0.773. The van der Waals surface area contributed by atoms with Crippen LogP contribution in [0.5, 0.6) is 0 Å². The van der Waals surface area contributed by atoms with Gasteiger partial charge in [-0.15, -0.1) is 11.3 Å². The summed E-state index contributed by atoms with van der Waals surface area (Å²) in [6.45, 7) is 1.93. The quantitative estimate of drug-likeness (QED) is 0.734. The van der Waals surface area contributed by atoms with Crippen LogP contribution in [0.15, 0.2) is 34.1 Å². The fourth-order valence-electron chi connectivity index (χ4n) is 1.40. The molecule has 0 unspecified atom stereocenters. The maximum Gasteiger partial charge on any atom is 0.204 e. The fourth-order valence-corrected chi connectivity index (χ4v) is 2.88. The van der Waals surface area contributed by atoms with Gasteiger partial charge in [-0.1, -0.05) is 27.5 Å². The van der Waals surface area contributed by atoms with Crippen molar-refractivity contribution >= 4 is 44.7 Å². The molecule has 0 N–H and O–H groups in total. The van der Waals surface area contributed by atoms with Gasteiger partial charge in [-0.05, 0) is 42.1 Å². The number of aryl methyl sites for hydroxylation is 1. The minimum Gasteiger partial charge on any atom is -0.288 e. The molecule has 0 atom stereocenters. The number of carbonyl (C=O) groups is 1. The molecular formula is C12H8BrClOS. The highest BCUT2D eigenvalue weighted by atomic mass is 79.9. The third-order valence-electron chi connectivity index (χ3n) is 2.24. The van der Waals surface area contributed by atoms with Crippen molar-refractivity contribution in [2.24, 2.45) is 0 Å². The second-order valence-electron chi connectivity index (χ2n) is 3.39. The zero-order valence-corrected chi connectivity index (χ0v) is 11.6. The Morgan fingerprint density at radius 2 is 2.12 bits per heavy atom. The third-order valence-corrected chi connectivity index (χ3v) is 4.18. The largest absolute Gasteiger partial charge is 0.288 e. The summed E-state index contributed by atoms with van der Waals surface area (Å²) in [4.78, 5) is 13.0. The Kier molecular flexibility index (Phi) is 3.47. The van der Waals surface area contributed by atoms with E-state index in [0.717, 1.165) is 14.9 Å². The molecule has 0 spiro atoms. The molecule has 0 amide bonds. The van der Waals surface area contributed by atoms with Crippen molar-refractivity contribution in [1.82, 2.24) is 0 Å². The van der Waals surface area contributed by atoms with Crippen molar-refractivity contribution in [3.8, 4) is 0 Å². The van der Waals surface area contributed by atoms with Crippen LogP contribution in [0.4, 0.5) is 0 Å². The summed E-state index contributed by atoms with van der Waals surface area (Å²) in [5.74, 6) is 0.0156. The number of benzene rings is 1. The Morgan fingerprint density at radius 1 is 1.38 bits per heavy atom. The standard InChI is InChI=1S/C12H8BrClOS/c1-7-4-5-16-12(7)11(15)9-6-8(14)2-3-10(9)13/h2-6H,1H3. The van der Waals surface area contributed by atoms with Crippen LogP contribution in [-0.4, -0.2) is 5.78 Å². The van der Waals surface area contributed by atoms with Gasteiger partial charge in [-0.2, -0.15) is 0 Å². The van der Waals surface area contributed by atoms with Gasteiger partial charge in [0.25, 0.3) is 0 Å². The van der Waals surface area contributed by atoms with Crippen LogP contribution in [0.1, 0.15) is 20.8 Å². The molecule has 16 heavy (non-hydrogen) atoms. The molecule has 0 fully saturated rings. The van der Waals surface area contributed by atoms with E-state index in [9.17, 15) is 4.79 Å². The van der Waals surface area contributed by atoms with E-state index in [4.69, 9.17) is 11.6 Å². The van der Waals surface area contributed by atoms with Gasteiger partial charge in [0.05, 0.1) is 4.88 Å². The predicted octanol–water partition coefficient (Wildman–Crippen LogP) is 4.70. The molecule has 1 nitrogen and oxygen atoms in total. The van der Waals surface area contributed by atoms with Gasteiger partial charge in [-0.25, -0.2) is 0 Å². The molecule has 0 aliphatic carbocycles. The van der Waals surface area contributed by atoms with Crippen LogP contribution in [0.2, 0.25) is 5.02 Å². The second kappa shape index (κ2) is 4.70. The number of thiophene rings is 1. The third kappa shape index (κ3) is 2.21. The van der Waals surface area contributed by atoms with Gasteiger partial charge >= 0.3 is 0 Å². The topological polar surface area (TPSA) is 17.1 Å². The average molecular weight is 316 g/mol. The first-order chi connectivity index (χ1) is 7.59. The van der Waals surface area contributed by atoms with Crippen LogP contribution in [0.25, 0.3) is 0 Å². The number of hydrogen-bond donors (Lipinski definition) is 0. The van der Waals surface area contributed by atoms with Crippen LogP contribution in [0.3, 0.4) is 0 Å². The van der Waals surface area contributed by atoms with E-state index in [1.54, 1.807) is 18.2 Å². The highest BCUT2D eigenvalue weighted by molar-refractivity contribution is 9.10. The molecule has 0 aliphatic rings. The molecular weight excluding hydrogens is 308 g/mol. The predicted molar refractivity (Wildman–Crippen MR) is 71.6 cm³/mol. The maximum absolute atomic E-state index is 12.2. The van der Waals surface area contributed by atoms with Crippen molar-refractivity contribution in [1.29, 1.82) is 0 Å². The van der Waals surface area contributed by atoms with Crippen molar-refractivity contribution < 1.29 is 4.79 Å². The number of halogens is 2. The van der Waals surface area contributed by atoms with Gasteiger partial charge in [0.1, 0.15) is 0 Å². The van der Waals surface area contributed by atoms with E-state index in [0.29, 0.717) is 10.6 Å². The van der Waals surface area contributed by atoms with Gasteiger partial charge in [0, 0.05) is 15.1 Å². The first kappa shape index (κ1) is 11.8. The summed E-state index contributed by atoms with van der Waals surface area (Å²) >= 11 is 10.7. The van der Waals surface area contributed by atoms with E-state index in [-0.39, 0.29) is 5.78 Å². The minimum absolute atomic E-state index is 0.0156. The van der Waals surface area contributed by atoms with Crippen molar-refractivity contribution in [2.75, 3.05) is 0 Å². The number of hydrogen-bond acceptors (Lipinski definition) is 2. The Balaban J connectivity index is 2.49. The number of rotatable bonds is 2. The molecule has 0 aliphatic heterocycles. The molecule has 0 saturated heterocycles. The average Bonchev–Trinajstić information content (AvgIpc) is 2.67. The van der Waals surface area contributed by atoms with Crippen LogP contribution < -0.4 is 0 Å². The Bertz CT molecular complexity index is 548. The van der Waals surface area contributed by atoms with E-state index in [1.807, 2.05) is 18.4 Å². The maximum atomic E-state index is 12.2. The lowest BCUT2D eigenvalue weighted by molar-refractivity contribution is 0.104. The lowest BCUT2D eigenvalue weighted by Gasteiger charge is -2.03. The monoisotopic (exact) mass is 314 g/mol. The first-order valence-corrected chi connectivity index (χ1v) is 6.68. The zero-order valence-electron chi connectivity index (χ0n) is 8.46. The smallest absolute Gasteiger partial charge is 0.204 e. The van der Waals surface area contributed by atoms with Gasteiger partial charge in [0.2, 0.25) is 5.78 Å².